The first-order valence-corrected chi connectivity index (χ1v) is 14.1. The maximum Gasteiger partial charge on any atom is 0.304 e. The lowest BCUT2D eigenvalue weighted by Crippen LogP contribution is -2.53. The molecule has 0 saturated heterocycles. The zero-order chi connectivity index (χ0) is 27.9. The van der Waals surface area contributed by atoms with Crippen molar-refractivity contribution >= 4 is 27.7 Å². The summed E-state index contributed by atoms with van der Waals surface area (Å²) in [5.74, 6) is -1.17. The highest BCUT2D eigenvalue weighted by Gasteiger charge is 2.34. The second-order valence-electron chi connectivity index (χ2n) is 9.64. The van der Waals surface area contributed by atoms with Gasteiger partial charge < -0.3 is 15.0 Å². The Hall–Kier alpha value is -3.18. The Labute approximate surface area is 224 Å². The summed E-state index contributed by atoms with van der Waals surface area (Å²) in [6.45, 7) is 0.957. The fourth-order valence-electron chi connectivity index (χ4n) is 4.47. The highest BCUT2D eigenvalue weighted by Crippen LogP contribution is 2.24. The molecule has 38 heavy (non-hydrogen) atoms. The van der Waals surface area contributed by atoms with Crippen LogP contribution in [0.1, 0.15) is 44.6 Å². The monoisotopic (exact) mass is 548 g/mol. The van der Waals surface area contributed by atoms with E-state index >= 15 is 0 Å². The van der Waals surface area contributed by atoms with E-state index in [1.165, 1.54) is 44.3 Å². The quantitative estimate of drug-likeness (QED) is 0.465. The van der Waals surface area contributed by atoms with Crippen molar-refractivity contribution in [3.63, 3.8) is 0 Å². The molecule has 1 aliphatic rings. The summed E-state index contributed by atoms with van der Waals surface area (Å²) in [7, 11) is -0.0933. The zero-order valence-corrected chi connectivity index (χ0v) is 23.2. The summed E-state index contributed by atoms with van der Waals surface area (Å²) < 4.78 is 48.0. The molecule has 208 valence electrons. The molecular weight excluding hydrogens is 511 g/mol. The summed E-state index contributed by atoms with van der Waals surface area (Å²) in [5.41, 5.74) is 0.443. The van der Waals surface area contributed by atoms with Crippen molar-refractivity contribution in [3.05, 3.63) is 59.9 Å². The maximum atomic E-state index is 14.7. The molecule has 3 rings (SSSR count). The van der Waals surface area contributed by atoms with Gasteiger partial charge in [-0.25, -0.2) is 8.70 Å². The Kier molecular flexibility index (Phi) is 10.1. The molecule has 1 saturated carbocycles. The van der Waals surface area contributed by atoms with Crippen LogP contribution in [0.2, 0.25) is 0 Å². The molecule has 0 heterocycles. The van der Waals surface area contributed by atoms with Gasteiger partial charge in [-0.05, 0) is 49.6 Å². The molecule has 0 spiro atoms. The fraction of sp³-hybridized carbons (Fsp3) is 0.481. The number of halogens is 1. The van der Waals surface area contributed by atoms with Crippen molar-refractivity contribution in [2.24, 2.45) is 0 Å². The molecule has 1 fully saturated rings. The smallest absolute Gasteiger partial charge is 0.304 e. The van der Waals surface area contributed by atoms with Crippen LogP contribution in [0.3, 0.4) is 0 Å². The average molecular weight is 549 g/mol. The summed E-state index contributed by atoms with van der Waals surface area (Å²) >= 11 is 0. The first-order chi connectivity index (χ1) is 18.0. The van der Waals surface area contributed by atoms with E-state index in [1.54, 1.807) is 31.2 Å². The standard InChI is InChI=1S/C27H37FN4O5S/c1-20(27(34)29-22-12-6-5-7-13-22)31(18-21-11-10-14-23(17-21)37-4)26(33)19-32(38(35,36)30(2)3)25-16-9-8-15-24(25)28/h8-11,14-17,20,22H,5-7,12-13,18-19H2,1-4H3,(H,29,34)/t20-/m1/s1. The van der Waals surface area contributed by atoms with Crippen LogP contribution < -0.4 is 14.4 Å². The van der Waals surface area contributed by atoms with E-state index < -0.39 is 34.5 Å². The normalized spacial score (nSPS) is 15.1. The van der Waals surface area contributed by atoms with Gasteiger partial charge >= 0.3 is 10.2 Å². The number of nitrogens with zero attached hydrogens (tertiary/aromatic N) is 3. The first-order valence-electron chi connectivity index (χ1n) is 12.7. The number of methoxy groups -OCH3 is 1. The topological polar surface area (TPSA) is 99.3 Å². The van der Waals surface area contributed by atoms with E-state index in [2.05, 4.69) is 5.32 Å². The van der Waals surface area contributed by atoms with Gasteiger partial charge in [0.05, 0.1) is 12.8 Å². The number of amides is 2. The largest absolute Gasteiger partial charge is 0.497 e. The van der Waals surface area contributed by atoms with E-state index in [4.69, 9.17) is 4.74 Å². The SMILES string of the molecule is COc1cccc(CN(C(=O)CN(c2ccccc2F)S(=O)(=O)N(C)C)[C@H](C)C(=O)NC2CCCCC2)c1. The van der Waals surface area contributed by atoms with Gasteiger partial charge in [-0.15, -0.1) is 0 Å². The third kappa shape index (κ3) is 7.22. The molecular formula is C27H37FN4O5S. The van der Waals surface area contributed by atoms with Crippen molar-refractivity contribution in [1.82, 2.24) is 14.5 Å². The summed E-state index contributed by atoms with van der Waals surface area (Å²) in [5, 5.41) is 3.05. The molecule has 2 aromatic carbocycles. The van der Waals surface area contributed by atoms with Crippen molar-refractivity contribution in [1.29, 1.82) is 0 Å². The molecule has 2 aromatic rings. The molecule has 0 bridgehead atoms. The number of anilines is 1. The molecule has 0 aromatic heterocycles. The van der Waals surface area contributed by atoms with Crippen molar-refractivity contribution < 1.29 is 27.1 Å². The number of hydrogen-bond donors (Lipinski definition) is 1. The van der Waals surface area contributed by atoms with Gasteiger partial charge in [0, 0.05) is 26.7 Å². The van der Waals surface area contributed by atoms with Gasteiger partial charge in [0.2, 0.25) is 11.8 Å². The van der Waals surface area contributed by atoms with Gasteiger partial charge in [0.25, 0.3) is 0 Å². The minimum atomic E-state index is -4.24. The molecule has 1 aliphatic carbocycles. The third-order valence-corrected chi connectivity index (χ3v) is 8.55. The summed E-state index contributed by atoms with van der Waals surface area (Å²) in [6, 6.07) is 11.6. The van der Waals surface area contributed by atoms with E-state index in [9.17, 15) is 22.4 Å². The Morgan fingerprint density at radius 2 is 1.76 bits per heavy atom. The number of nitrogens with one attached hydrogen (secondary N) is 1. The highest BCUT2D eigenvalue weighted by molar-refractivity contribution is 7.90. The number of rotatable bonds is 11. The van der Waals surface area contributed by atoms with Gasteiger partial charge in [0.1, 0.15) is 24.2 Å². The number of para-hydroxylation sites is 1. The number of carbonyl (C=O) groups excluding carboxylic acids is 2. The number of hydrogen-bond acceptors (Lipinski definition) is 5. The van der Waals surface area contributed by atoms with Crippen molar-refractivity contribution in [3.8, 4) is 5.75 Å². The van der Waals surface area contributed by atoms with Crippen LogP contribution in [0.5, 0.6) is 5.75 Å². The van der Waals surface area contributed by atoms with Crippen LogP contribution in [-0.4, -0.2) is 69.3 Å². The Morgan fingerprint density at radius 1 is 1.08 bits per heavy atom. The predicted octanol–water partition coefficient (Wildman–Crippen LogP) is 3.31. The summed E-state index contributed by atoms with van der Waals surface area (Å²) in [6.07, 6.45) is 4.96. The van der Waals surface area contributed by atoms with E-state index in [-0.39, 0.29) is 24.2 Å². The fourth-order valence-corrected chi connectivity index (χ4v) is 5.54. The maximum absolute atomic E-state index is 14.7. The van der Waals surface area contributed by atoms with Gasteiger partial charge in [0.15, 0.2) is 0 Å². The van der Waals surface area contributed by atoms with E-state index in [0.717, 1.165) is 46.8 Å². The van der Waals surface area contributed by atoms with E-state index in [1.807, 2.05) is 0 Å². The Balaban J connectivity index is 1.94. The van der Waals surface area contributed by atoms with Gasteiger partial charge in [-0.2, -0.15) is 12.7 Å². The lowest BCUT2D eigenvalue weighted by molar-refractivity contribution is -0.139. The third-order valence-electron chi connectivity index (χ3n) is 6.75. The van der Waals surface area contributed by atoms with E-state index in [0.29, 0.717) is 11.3 Å². The second-order valence-corrected chi connectivity index (χ2v) is 11.7. The molecule has 2 amide bonds. The highest BCUT2D eigenvalue weighted by atomic mass is 32.2. The lowest BCUT2D eigenvalue weighted by Gasteiger charge is -2.34. The van der Waals surface area contributed by atoms with Crippen molar-refractivity contribution in [2.75, 3.05) is 32.1 Å². The minimum absolute atomic E-state index is 0.0302. The molecule has 1 atom stereocenters. The van der Waals surface area contributed by atoms with Crippen molar-refractivity contribution in [2.45, 2.75) is 57.7 Å². The molecule has 11 heteroatoms. The molecule has 9 nitrogen and oxygen atoms in total. The number of ether oxygens (including phenoxy) is 1. The van der Waals surface area contributed by atoms with Gasteiger partial charge in [-0.1, -0.05) is 43.5 Å². The summed E-state index contributed by atoms with van der Waals surface area (Å²) in [4.78, 5) is 28.4. The van der Waals surface area contributed by atoms with Crippen LogP contribution in [0, 0.1) is 5.82 Å². The molecule has 0 unspecified atom stereocenters. The average Bonchev–Trinajstić information content (AvgIpc) is 2.90. The van der Waals surface area contributed by atoms with Crippen LogP contribution in [0.4, 0.5) is 10.1 Å². The molecule has 0 aliphatic heterocycles. The van der Waals surface area contributed by atoms with Gasteiger partial charge in [-0.3, -0.25) is 9.59 Å². The second kappa shape index (κ2) is 13.1. The molecule has 0 radical (unpaired) electrons. The van der Waals surface area contributed by atoms with Crippen LogP contribution in [0.25, 0.3) is 0 Å². The lowest BCUT2D eigenvalue weighted by atomic mass is 9.95. The number of benzene rings is 2. The Morgan fingerprint density at radius 3 is 2.39 bits per heavy atom. The number of carbonyl (C=O) groups is 2. The predicted molar refractivity (Wildman–Crippen MR) is 144 cm³/mol. The van der Waals surface area contributed by atoms with Crippen LogP contribution in [-0.2, 0) is 26.3 Å². The zero-order valence-electron chi connectivity index (χ0n) is 22.4. The molecule has 1 N–H and O–H groups in total. The van der Waals surface area contributed by atoms with Crippen LogP contribution in [0.15, 0.2) is 48.5 Å². The first kappa shape index (κ1) is 29.4. The Bertz CT molecular complexity index is 1220. The van der Waals surface area contributed by atoms with Crippen LogP contribution >= 0.6 is 0 Å². The minimum Gasteiger partial charge on any atom is -0.497 e.